The SMILES string of the molecule is COc1c(C)oc(C)c1O. The van der Waals surface area contributed by atoms with Crippen molar-refractivity contribution < 1.29 is 14.3 Å². The lowest BCUT2D eigenvalue weighted by atomic mass is 10.4. The van der Waals surface area contributed by atoms with Gasteiger partial charge in [-0.25, -0.2) is 0 Å². The van der Waals surface area contributed by atoms with E-state index < -0.39 is 0 Å². The summed E-state index contributed by atoms with van der Waals surface area (Å²) in [5.41, 5.74) is 0. The molecule has 0 aromatic carbocycles. The maximum atomic E-state index is 9.20. The Hall–Kier alpha value is -1.12. The van der Waals surface area contributed by atoms with Gasteiger partial charge in [0.25, 0.3) is 0 Å². The van der Waals surface area contributed by atoms with E-state index in [2.05, 4.69) is 0 Å². The third-order valence-corrected chi connectivity index (χ3v) is 1.38. The molecule has 1 N–H and O–H groups in total. The van der Waals surface area contributed by atoms with Crippen LogP contribution in [0.2, 0.25) is 0 Å². The van der Waals surface area contributed by atoms with E-state index in [1.165, 1.54) is 7.11 Å². The fourth-order valence-electron chi connectivity index (χ4n) is 0.891. The predicted molar refractivity (Wildman–Crippen MR) is 36.4 cm³/mol. The number of hydrogen-bond donors (Lipinski definition) is 1. The number of aromatic hydroxyl groups is 1. The molecule has 0 bridgehead atoms. The molecule has 0 aliphatic rings. The van der Waals surface area contributed by atoms with Crippen LogP contribution in [0.15, 0.2) is 4.42 Å². The van der Waals surface area contributed by atoms with Crippen molar-refractivity contribution >= 4 is 0 Å². The summed E-state index contributed by atoms with van der Waals surface area (Å²) in [6, 6.07) is 0. The molecule has 1 heterocycles. The van der Waals surface area contributed by atoms with Crippen molar-refractivity contribution in [2.75, 3.05) is 7.11 Å². The van der Waals surface area contributed by atoms with Gasteiger partial charge >= 0.3 is 0 Å². The second-order valence-electron chi connectivity index (χ2n) is 2.10. The molecule has 10 heavy (non-hydrogen) atoms. The Morgan fingerprint density at radius 2 is 1.90 bits per heavy atom. The van der Waals surface area contributed by atoms with Crippen molar-refractivity contribution in [1.82, 2.24) is 0 Å². The summed E-state index contributed by atoms with van der Waals surface area (Å²) in [6.45, 7) is 3.43. The Labute approximate surface area is 59.2 Å². The average Bonchev–Trinajstić information content (AvgIpc) is 2.09. The molecule has 1 aromatic rings. The van der Waals surface area contributed by atoms with Crippen LogP contribution < -0.4 is 4.74 Å². The van der Waals surface area contributed by atoms with Gasteiger partial charge in [0.2, 0.25) is 5.75 Å². The van der Waals surface area contributed by atoms with Crippen molar-refractivity contribution in [1.29, 1.82) is 0 Å². The molecule has 0 saturated heterocycles. The molecular weight excluding hydrogens is 132 g/mol. The molecule has 0 saturated carbocycles. The molecule has 0 aliphatic heterocycles. The van der Waals surface area contributed by atoms with E-state index >= 15 is 0 Å². The minimum Gasteiger partial charge on any atom is -0.502 e. The van der Waals surface area contributed by atoms with Crippen LogP contribution >= 0.6 is 0 Å². The average molecular weight is 142 g/mol. The highest BCUT2D eigenvalue weighted by molar-refractivity contribution is 5.43. The minimum absolute atomic E-state index is 0.0972. The molecule has 0 atom stereocenters. The van der Waals surface area contributed by atoms with Gasteiger partial charge in [-0.1, -0.05) is 0 Å². The fraction of sp³-hybridized carbons (Fsp3) is 0.429. The molecular formula is C7H10O3. The topological polar surface area (TPSA) is 42.6 Å². The van der Waals surface area contributed by atoms with Crippen molar-refractivity contribution in [3.05, 3.63) is 11.5 Å². The van der Waals surface area contributed by atoms with E-state index in [0.717, 1.165) is 0 Å². The zero-order valence-corrected chi connectivity index (χ0v) is 6.26. The second kappa shape index (κ2) is 2.25. The van der Waals surface area contributed by atoms with Gasteiger partial charge in [0.1, 0.15) is 11.5 Å². The highest BCUT2D eigenvalue weighted by atomic mass is 16.5. The lowest BCUT2D eigenvalue weighted by Gasteiger charge is -1.94. The third-order valence-electron chi connectivity index (χ3n) is 1.38. The summed E-state index contributed by atoms with van der Waals surface area (Å²) in [7, 11) is 1.50. The molecule has 0 unspecified atom stereocenters. The maximum absolute atomic E-state index is 9.20. The number of ether oxygens (including phenoxy) is 1. The van der Waals surface area contributed by atoms with E-state index in [1.807, 2.05) is 0 Å². The van der Waals surface area contributed by atoms with Crippen LogP contribution in [0.3, 0.4) is 0 Å². The van der Waals surface area contributed by atoms with Crippen LogP contribution in [0, 0.1) is 13.8 Å². The van der Waals surface area contributed by atoms with Gasteiger partial charge in [-0.05, 0) is 13.8 Å². The molecule has 1 aromatic heterocycles. The van der Waals surface area contributed by atoms with Gasteiger partial charge in [-0.15, -0.1) is 0 Å². The zero-order chi connectivity index (χ0) is 7.72. The standard InChI is InChI=1S/C7H10O3/c1-4-6(8)7(9-3)5(2)10-4/h8H,1-3H3. The van der Waals surface area contributed by atoms with Crippen molar-refractivity contribution in [2.24, 2.45) is 0 Å². The summed E-state index contributed by atoms with van der Waals surface area (Å²) in [5, 5.41) is 9.20. The van der Waals surface area contributed by atoms with Gasteiger partial charge in [0.05, 0.1) is 7.11 Å². The van der Waals surface area contributed by atoms with Crippen LogP contribution in [0.4, 0.5) is 0 Å². The first-order valence-electron chi connectivity index (χ1n) is 2.99. The molecule has 0 aliphatic carbocycles. The van der Waals surface area contributed by atoms with Gasteiger partial charge in [0, 0.05) is 0 Å². The number of furan rings is 1. The van der Waals surface area contributed by atoms with E-state index in [9.17, 15) is 5.11 Å². The lowest BCUT2D eigenvalue weighted by Crippen LogP contribution is -1.81. The normalized spacial score (nSPS) is 9.90. The van der Waals surface area contributed by atoms with Crippen LogP contribution in [-0.2, 0) is 0 Å². The molecule has 56 valence electrons. The van der Waals surface area contributed by atoms with E-state index in [-0.39, 0.29) is 5.75 Å². The largest absolute Gasteiger partial charge is 0.502 e. The van der Waals surface area contributed by atoms with Crippen molar-refractivity contribution in [3.63, 3.8) is 0 Å². The quantitative estimate of drug-likeness (QED) is 0.647. The Morgan fingerprint density at radius 1 is 1.30 bits per heavy atom. The highest BCUT2D eigenvalue weighted by Gasteiger charge is 2.13. The predicted octanol–water partition coefficient (Wildman–Crippen LogP) is 1.61. The van der Waals surface area contributed by atoms with Gasteiger partial charge < -0.3 is 14.3 Å². The molecule has 0 amide bonds. The van der Waals surface area contributed by atoms with Crippen LogP contribution in [-0.4, -0.2) is 12.2 Å². The first kappa shape index (κ1) is 6.99. The molecule has 3 heteroatoms. The van der Waals surface area contributed by atoms with E-state index in [4.69, 9.17) is 9.15 Å². The molecule has 1 rings (SSSR count). The number of methoxy groups -OCH3 is 1. The van der Waals surface area contributed by atoms with Crippen LogP contribution in [0.1, 0.15) is 11.5 Å². The zero-order valence-electron chi connectivity index (χ0n) is 6.26. The Kier molecular flexibility index (Phi) is 1.57. The Bertz CT molecular complexity index is 237. The molecule has 0 fully saturated rings. The monoisotopic (exact) mass is 142 g/mol. The Balaban J connectivity index is 3.20. The summed E-state index contributed by atoms with van der Waals surface area (Å²) in [6.07, 6.45) is 0. The first-order chi connectivity index (χ1) is 4.66. The summed E-state index contributed by atoms with van der Waals surface area (Å²) < 4.78 is 9.91. The van der Waals surface area contributed by atoms with Gasteiger partial charge in [-0.3, -0.25) is 0 Å². The second-order valence-corrected chi connectivity index (χ2v) is 2.10. The third kappa shape index (κ3) is 0.835. The smallest absolute Gasteiger partial charge is 0.202 e. The fourth-order valence-corrected chi connectivity index (χ4v) is 0.891. The molecule has 0 radical (unpaired) electrons. The Morgan fingerprint density at radius 3 is 2.10 bits per heavy atom. The highest BCUT2D eigenvalue weighted by Crippen LogP contribution is 2.35. The van der Waals surface area contributed by atoms with Crippen LogP contribution in [0.25, 0.3) is 0 Å². The molecule has 0 spiro atoms. The maximum Gasteiger partial charge on any atom is 0.202 e. The first-order valence-corrected chi connectivity index (χ1v) is 2.99. The van der Waals surface area contributed by atoms with E-state index in [0.29, 0.717) is 17.3 Å². The summed E-state index contributed by atoms with van der Waals surface area (Å²) >= 11 is 0. The van der Waals surface area contributed by atoms with Crippen molar-refractivity contribution in [3.8, 4) is 11.5 Å². The van der Waals surface area contributed by atoms with Gasteiger partial charge in [0.15, 0.2) is 5.75 Å². The van der Waals surface area contributed by atoms with Gasteiger partial charge in [-0.2, -0.15) is 0 Å². The minimum atomic E-state index is 0.0972. The lowest BCUT2D eigenvalue weighted by molar-refractivity contribution is 0.372. The molecule has 3 nitrogen and oxygen atoms in total. The number of aryl methyl sites for hydroxylation is 2. The van der Waals surface area contributed by atoms with Crippen molar-refractivity contribution in [2.45, 2.75) is 13.8 Å². The number of rotatable bonds is 1. The van der Waals surface area contributed by atoms with E-state index in [1.54, 1.807) is 13.8 Å². The summed E-state index contributed by atoms with van der Waals surface area (Å²) in [4.78, 5) is 0. The van der Waals surface area contributed by atoms with Crippen LogP contribution in [0.5, 0.6) is 11.5 Å². The number of hydrogen-bond acceptors (Lipinski definition) is 3. The summed E-state index contributed by atoms with van der Waals surface area (Å²) in [5.74, 6) is 1.63.